The summed E-state index contributed by atoms with van der Waals surface area (Å²) in [5, 5.41) is 17.0. The van der Waals surface area contributed by atoms with Crippen LogP contribution in [0, 0.1) is 20.8 Å². The summed E-state index contributed by atoms with van der Waals surface area (Å²) in [7, 11) is 4.14. The lowest BCUT2D eigenvalue weighted by atomic mass is 10.0. The number of rotatable bonds is 40. The Morgan fingerprint density at radius 3 is 1.38 bits per heavy atom. The molecule has 9 aromatic rings. The summed E-state index contributed by atoms with van der Waals surface area (Å²) in [6.07, 6.45) is 20.3. The summed E-state index contributed by atoms with van der Waals surface area (Å²) in [5.74, 6) is 1.55. The van der Waals surface area contributed by atoms with E-state index < -0.39 is 0 Å². The number of fused-ring (bicyclic) bond motifs is 5. The molecule has 2 atom stereocenters. The van der Waals surface area contributed by atoms with Crippen LogP contribution in [0.25, 0.3) is 32.6 Å². The lowest BCUT2D eigenvalue weighted by Gasteiger charge is -2.28. The van der Waals surface area contributed by atoms with Crippen LogP contribution >= 0.6 is 0 Å². The fourth-order valence-electron chi connectivity index (χ4n) is 14.8. The van der Waals surface area contributed by atoms with Crippen molar-refractivity contribution in [3.05, 3.63) is 208 Å². The van der Waals surface area contributed by atoms with E-state index in [0.29, 0.717) is 119 Å². The molecule has 2 aromatic heterocycles. The molecule has 0 aliphatic carbocycles. The number of carbonyl (C=O) groups is 8. The Labute approximate surface area is 659 Å². The molecule has 0 fully saturated rings. The molecule has 0 saturated heterocycles. The maximum absolute atomic E-state index is 13.3. The van der Waals surface area contributed by atoms with Gasteiger partial charge in [0.2, 0.25) is 17.7 Å². The van der Waals surface area contributed by atoms with E-state index in [1.165, 1.54) is 60.9 Å². The van der Waals surface area contributed by atoms with Crippen molar-refractivity contribution in [2.45, 2.75) is 234 Å². The number of hydrogen-bond acceptors (Lipinski definition) is 11. The first-order valence-electron chi connectivity index (χ1n) is 41.1. The number of Topliss-reactive ketones (excluding diaryl/α,β-unsaturated/α-hetero) is 4. The number of benzene rings is 7. The molecule has 2 unspecified atom stereocenters. The number of carbonyl (C=O) groups excluding carboxylic acids is 8. The quantitative estimate of drug-likeness (QED) is 0.0198. The molecule has 6 N–H and O–H groups in total. The molecule has 0 radical (unpaired) electrons. The highest BCUT2D eigenvalue weighted by molar-refractivity contribution is 6.01. The SMILES string of the molecule is CCC(=O)CCCCCCC(=O)NCCc1c(C)[nH]c2ccccc12.CCC(=O)CCCCCNC(=O)C1Cc2ccccc2N1Cc1ccc(C)cc1.CCC(=O)CCCCCNC(=O)C1Cc2ccccc2N1Cc1cccc2c(N(C)C)cccc12.CCC(=O)CCCCCNC(=O)c1[nH]c2ccccc2c1C. The topological polar surface area (TPSA) is 226 Å². The van der Waals surface area contributed by atoms with Crippen LogP contribution < -0.4 is 36.0 Å². The molecule has 0 saturated carbocycles. The zero-order valence-corrected chi connectivity index (χ0v) is 67.7. The molecule has 4 heterocycles. The van der Waals surface area contributed by atoms with Gasteiger partial charge >= 0.3 is 0 Å². The van der Waals surface area contributed by atoms with Gasteiger partial charge in [0.05, 0.1) is 0 Å². The van der Waals surface area contributed by atoms with Crippen LogP contribution in [-0.4, -0.2) is 109 Å². The van der Waals surface area contributed by atoms with E-state index in [0.717, 1.165) is 143 Å². The zero-order chi connectivity index (χ0) is 79.4. The van der Waals surface area contributed by atoms with Gasteiger partial charge in [0, 0.05) is 174 Å². The predicted molar refractivity (Wildman–Crippen MR) is 455 cm³/mol. The first kappa shape index (κ1) is 86.4. The number of para-hydroxylation sites is 4. The summed E-state index contributed by atoms with van der Waals surface area (Å²) < 4.78 is 0. The summed E-state index contributed by atoms with van der Waals surface area (Å²) >= 11 is 0. The number of anilines is 3. The van der Waals surface area contributed by atoms with Gasteiger partial charge in [-0.3, -0.25) is 38.4 Å². The molecule has 17 nitrogen and oxygen atoms in total. The van der Waals surface area contributed by atoms with Crippen molar-refractivity contribution in [1.82, 2.24) is 31.2 Å². The van der Waals surface area contributed by atoms with E-state index in [9.17, 15) is 38.4 Å². The maximum Gasteiger partial charge on any atom is 0.268 e. The minimum atomic E-state index is -0.221. The summed E-state index contributed by atoms with van der Waals surface area (Å²) in [6, 6.07) is 53.9. The molecular formula is C94H123N9O8. The van der Waals surface area contributed by atoms with Gasteiger partial charge in [-0.25, -0.2) is 0 Å². The summed E-state index contributed by atoms with van der Waals surface area (Å²) in [6.45, 7) is 17.8. The highest BCUT2D eigenvalue weighted by Crippen LogP contribution is 2.37. The second-order valence-corrected chi connectivity index (χ2v) is 29.9. The van der Waals surface area contributed by atoms with Crippen LogP contribution in [0.3, 0.4) is 0 Å². The third kappa shape index (κ3) is 26.5. The van der Waals surface area contributed by atoms with Crippen LogP contribution in [0.4, 0.5) is 17.1 Å². The van der Waals surface area contributed by atoms with Crippen molar-refractivity contribution < 1.29 is 38.4 Å². The Morgan fingerprint density at radius 1 is 0.414 bits per heavy atom. The molecule has 0 spiro atoms. The molecule has 2 aliphatic heterocycles. The average molecular weight is 1510 g/mol. The molecule has 0 bridgehead atoms. The Hall–Kier alpha value is -10.2. The van der Waals surface area contributed by atoms with Gasteiger partial charge in [0.1, 0.15) is 40.9 Å². The highest BCUT2D eigenvalue weighted by Gasteiger charge is 2.36. The molecule has 592 valence electrons. The van der Waals surface area contributed by atoms with E-state index in [-0.39, 0.29) is 35.7 Å². The molecule has 17 heteroatoms. The fourth-order valence-corrected chi connectivity index (χ4v) is 14.8. The van der Waals surface area contributed by atoms with Crippen LogP contribution in [0.5, 0.6) is 0 Å². The minimum Gasteiger partial charge on any atom is -0.377 e. The maximum atomic E-state index is 13.3. The number of aromatic amines is 2. The molecule has 4 amide bonds. The number of ketones is 4. The van der Waals surface area contributed by atoms with E-state index in [4.69, 9.17) is 0 Å². The van der Waals surface area contributed by atoms with Crippen molar-refractivity contribution in [2.75, 3.05) is 55.0 Å². The number of unbranched alkanes of at least 4 members (excludes halogenated alkanes) is 9. The van der Waals surface area contributed by atoms with Gasteiger partial charge in [-0.2, -0.15) is 0 Å². The van der Waals surface area contributed by atoms with E-state index in [2.05, 4.69) is 183 Å². The second kappa shape index (κ2) is 45.9. The third-order valence-electron chi connectivity index (χ3n) is 21.5. The Morgan fingerprint density at radius 2 is 0.856 bits per heavy atom. The Kier molecular flexibility index (Phi) is 35.7. The van der Waals surface area contributed by atoms with Gasteiger partial charge in [-0.15, -0.1) is 0 Å². The Bertz CT molecular complexity index is 4490. The Balaban J connectivity index is 0.000000189. The summed E-state index contributed by atoms with van der Waals surface area (Å²) in [4.78, 5) is 109. The van der Waals surface area contributed by atoms with Gasteiger partial charge < -0.3 is 45.9 Å². The van der Waals surface area contributed by atoms with Crippen LogP contribution in [0.1, 0.15) is 224 Å². The number of aromatic nitrogens is 2. The van der Waals surface area contributed by atoms with E-state index in [1.54, 1.807) is 0 Å². The number of aryl methyl sites for hydroxylation is 3. The number of amides is 4. The number of H-pyrrole nitrogens is 2. The van der Waals surface area contributed by atoms with Crippen molar-refractivity contribution in [2.24, 2.45) is 0 Å². The molecular weight excluding hydrogens is 1380 g/mol. The van der Waals surface area contributed by atoms with Crippen LogP contribution in [0.15, 0.2) is 158 Å². The smallest absolute Gasteiger partial charge is 0.268 e. The van der Waals surface area contributed by atoms with Crippen molar-refractivity contribution in [3.63, 3.8) is 0 Å². The highest BCUT2D eigenvalue weighted by atomic mass is 16.2. The monoisotopic (exact) mass is 1510 g/mol. The number of nitrogens with one attached hydrogen (secondary N) is 6. The normalized spacial score (nSPS) is 13.2. The van der Waals surface area contributed by atoms with Gasteiger partial charge in [0.15, 0.2) is 0 Å². The molecule has 7 aromatic carbocycles. The largest absolute Gasteiger partial charge is 0.377 e. The predicted octanol–water partition coefficient (Wildman–Crippen LogP) is 18.3. The molecule has 2 aliphatic rings. The van der Waals surface area contributed by atoms with Gasteiger partial charge in [-0.1, -0.05) is 193 Å². The fraction of sp³-hybridized carbons (Fsp3) is 0.447. The standard InChI is InChI=1S/C30H37N3O2.C25H32N2O2.C21H30N2O2.C18H24N2O2/c1-4-24(34)14-6-5-9-19-31-30(35)29-20-22-12-7-8-17-27(22)33(29)21-23-13-10-16-26-25(23)15-11-18-28(26)32(2)3;1-3-22(28)10-5-4-8-16-26-25(29)24-17-21-9-6-7-11-23(21)27(24)18-20-14-12-19(2)13-15-20;1-3-17(24)10-6-4-5-7-13-21(25)22-15-14-18-16(2)23-20-12-9-8-11-19(18)20;1-3-14(21)9-5-4-8-12-19-18(22)17-13(2)15-10-6-7-11-16(15)20-17/h7-8,10-13,15-18,29H,4-6,9,14,19-21H2,1-3H3,(H,31,35);6-7,9,11-15,24H,3-5,8,10,16-18H2,1-2H3,(H,26,29);8-9,11-12,23H,3-7,10,13-15H2,1-2H3,(H,22,25);6-7,10-11,20H,3-5,8-9,12H2,1-2H3,(H,19,22). The average Bonchev–Trinajstić information content (AvgIpc) is 1.69. The number of nitrogens with zero attached hydrogens (tertiary/aromatic N) is 3. The first-order chi connectivity index (χ1) is 53.8. The van der Waals surface area contributed by atoms with Crippen molar-refractivity contribution >= 4 is 96.4 Å². The van der Waals surface area contributed by atoms with Gasteiger partial charge in [-0.05, 0) is 148 Å². The lowest BCUT2D eigenvalue weighted by molar-refractivity contribution is -0.123. The third-order valence-corrected chi connectivity index (χ3v) is 21.5. The minimum absolute atomic E-state index is 0.0571. The number of hydrogen-bond donors (Lipinski definition) is 6. The first-order valence-corrected chi connectivity index (χ1v) is 41.1. The van der Waals surface area contributed by atoms with Crippen LogP contribution in [0.2, 0.25) is 0 Å². The summed E-state index contributed by atoms with van der Waals surface area (Å²) in [5.41, 5.74) is 15.9. The van der Waals surface area contributed by atoms with E-state index in [1.807, 2.05) is 83.1 Å². The lowest BCUT2D eigenvalue weighted by Crippen LogP contribution is -2.45. The van der Waals surface area contributed by atoms with Crippen molar-refractivity contribution in [3.8, 4) is 0 Å². The second-order valence-electron chi connectivity index (χ2n) is 29.9. The molecule has 111 heavy (non-hydrogen) atoms. The zero-order valence-electron chi connectivity index (χ0n) is 67.7. The van der Waals surface area contributed by atoms with Gasteiger partial charge in [0.25, 0.3) is 5.91 Å². The van der Waals surface area contributed by atoms with E-state index >= 15 is 0 Å². The van der Waals surface area contributed by atoms with Crippen LogP contribution in [-0.2, 0) is 65.9 Å². The molecule has 11 rings (SSSR count). The van der Waals surface area contributed by atoms with Crippen molar-refractivity contribution in [1.29, 1.82) is 0 Å².